The predicted octanol–water partition coefficient (Wildman–Crippen LogP) is 3.92. The topological polar surface area (TPSA) is 86.4 Å². The Balaban J connectivity index is 1.33. The summed E-state index contributed by atoms with van der Waals surface area (Å²) in [5, 5.41) is 13.1. The van der Waals surface area contributed by atoms with E-state index in [4.69, 9.17) is 9.94 Å². The highest BCUT2D eigenvalue weighted by Gasteiger charge is 2.17. The van der Waals surface area contributed by atoms with Crippen LogP contribution in [0.15, 0.2) is 54.7 Å². The third-order valence-electron chi connectivity index (χ3n) is 5.45. The van der Waals surface area contributed by atoms with Gasteiger partial charge < -0.3 is 15.0 Å². The maximum absolute atomic E-state index is 14.3. The molecule has 2 aromatic carbocycles. The van der Waals surface area contributed by atoms with E-state index >= 15 is 0 Å². The van der Waals surface area contributed by atoms with Crippen molar-refractivity contribution in [2.45, 2.75) is 31.8 Å². The van der Waals surface area contributed by atoms with Gasteiger partial charge in [0.15, 0.2) is 6.61 Å². The van der Waals surface area contributed by atoms with Crippen LogP contribution in [0.3, 0.4) is 0 Å². The van der Waals surface area contributed by atoms with Crippen LogP contribution in [0.5, 0.6) is 5.75 Å². The number of fused-ring (bicyclic) bond motifs is 1. The number of ether oxygens (including phenoxy) is 1. The first kappa shape index (κ1) is 20.1. The summed E-state index contributed by atoms with van der Waals surface area (Å²) < 4.78 is 19.4. The van der Waals surface area contributed by atoms with Crippen molar-refractivity contribution in [1.29, 1.82) is 0 Å². The minimum absolute atomic E-state index is 0.240. The molecule has 1 aromatic heterocycles. The van der Waals surface area contributed by atoms with Gasteiger partial charge in [-0.25, -0.2) is 9.87 Å². The Morgan fingerprint density at radius 1 is 1.27 bits per heavy atom. The first-order valence-corrected chi connectivity index (χ1v) is 9.97. The number of benzene rings is 2. The number of halogens is 1. The average molecular weight is 409 g/mol. The van der Waals surface area contributed by atoms with Gasteiger partial charge in [-0.3, -0.25) is 10.0 Å². The van der Waals surface area contributed by atoms with Gasteiger partial charge in [0, 0.05) is 46.9 Å². The monoisotopic (exact) mass is 409 g/mol. The van der Waals surface area contributed by atoms with Crippen molar-refractivity contribution >= 4 is 22.4 Å². The molecule has 156 valence electrons. The minimum Gasteiger partial charge on any atom is -0.484 e. The van der Waals surface area contributed by atoms with Crippen molar-refractivity contribution < 1.29 is 19.1 Å². The molecule has 1 amide bonds. The second-order valence-electron chi connectivity index (χ2n) is 7.41. The normalized spacial score (nSPS) is 16.3. The number of hydroxylamine groups is 1. The number of rotatable bonds is 7. The van der Waals surface area contributed by atoms with Crippen LogP contribution in [0.4, 0.5) is 4.39 Å². The predicted molar refractivity (Wildman–Crippen MR) is 113 cm³/mol. The second-order valence-corrected chi connectivity index (χ2v) is 7.41. The molecule has 4 rings (SSSR count). The lowest BCUT2D eigenvalue weighted by molar-refractivity contribution is -0.131. The lowest BCUT2D eigenvalue weighted by atomic mass is 9.90. The Morgan fingerprint density at radius 3 is 2.90 bits per heavy atom. The quantitative estimate of drug-likeness (QED) is 0.352. The fraction of sp³-hybridized carbons (Fsp3) is 0.261. The number of hydrogen-bond donors (Lipinski definition) is 4. The molecular formula is C23H24FN3O3. The van der Waals surface area contributed by atoms with Crippen LogP contribution in [0, 0.1) is 5.82 Å². The summed E-state index contributed by atoms with van der Waals surface area (Å²) in [5.74, 6) is -0.849. The molecule has 0 aliphatic heterocycles. The zero-order chi connectivity index (χ0) is 20.9. The molecule has 3 aromatic rings. The number of H-pyrrole nitrogens is 1. The lowest BCUT2D eigenvalue weighted by Gasteiger charge is -2.23. The number of hydrogen-bond acceptors (Lipinski definition) is 4. The third-order valence-corrected chi connectivity index (χ3v) is 5.45. The van der Waals surface area contributed by atoms with Gasteiger partial charge in [-0.2, -0.15) is 0 Å². The van der Waals surface area contributed by atoms with Crippen LogP contribution < -0.4 is 15.5 Å². The Morgan fingerprint density at radius 2 is 2.13 bits per heavy atom. The first-order chi connectivity index (χ1) is 14.6. The largest absolute Gasteiger partial charge is 0.484 e. The summed E-state index contributed by atoms with van der Waals surface area (Å²) in [7, 11) is 0. The lowest BCUT2D eigenvalue weighted by Crippen LogP contribution is -2.30. The van der Waals surface area contributed by atoms with Gasteiger partial charge in [0.2, 0.25) is 0 Å². The molecular weight excluding hydrogens is 385 g/mol. The van der Waals surface area contributed by atoms with Gasteiger partial charge in [-0.15, -0.1) is 0 Å². The molecule has 6 nitrogen and oxygen atoms in total. The summed E-state index contributed by atoms with van der Waals surface area (Å²) in [6, 6.07) is 13.1. The first-order valence-electron chi connectivity index (χ1n) is 9.97. The number of para-hydroxylation sites is 1. The molecule has 0 fully saturated rings. The number of aromatic nitrogens is 1. The van der Waals surface area contributed by atoms with Crippen molar-refractivity contribution in [3.05, 3.63) is 71.7 Å². The molecule has 7 heteroatoms. The Labute approximate surface area is 173 Å². The Kier molecular flexibility index (Phi) is 6.11. The molecule has 1 atom stereocenters. The van der Waals surface area contributed by atoms with E-state index < -0.39 is 11.7 Å². The van der Waals surface area contributed by atoms with Gasteiger partial charge in [0.05, 0.1) is 0 Å². The van der Waals surface area contributed by atoms with Crippen LogP contribution in [0.25, 0.3) is 16.5 Å². The van der Waals surface area contributed by atoms with Gasteiger partial charge >= 0.3 is 0 Å². The fourth-order valence-corrected chi connectivity index (χ4v) is 3.80. The maximum atomic E-state index is 14.3. The van der Waals surface area contributed by atoms with Crippen molar-refractivity contribution in [1.82, 2.24) is 15.8 Å². The smallest absolute Gasteiger partial charge is 0.281 e. The summed E-state index contributed by atoms with van der Waals surface area (Å²) in [6.45, 7) is 0.0465. The van der Waals surface area contributed by atoms with Gasteiger partial charge in [0.1, 0.15) is 11.6 Å². The van der Waals surface area contributed by atoms with E-state index in [2.05, 4.69) is 40.8 Å². The molecule has 30 heavy (non-hydrogen) atoms. The van der Waals surface area contributed by atoms with Crippen molar-refractivity contribution in [2.24, 2.45) is 0 Å². The second kappa shape index (κ2) is 9.11. The minimum atomic E-state index is -0.696. The number of carbonyl (C=O) groups is 1. The van der Waals surface area contributed by atoms with E-state index in [0.717, 1.165) is 24.8 Å². The molecule has 0 bridgehead atoms. The van der Waals surface area contributed by atoms with Gasteiger partial charge in [-0.1, -0.05) is 30.3 Å². The molecule has 1 aliphatic carbocycles. The SMILES string of the molecule is O=C(COc1ccc(CNC2CC=C(c3c[nH]c4ccccc34)CC2)c(F)c1)NO. The molecule has 1 heterocycles. The maximum Gasteiger partial charge on any atom is 0.281 e. The van der Waals surface area contributed by atoms with Crippen molar-refractivity contribution in [3.8, 4) is 5.75 Å². The zero-order valence-electron chi connectivity index (χ0n) is 16.5. The highest BCUT2D eigenvalue weighted by Crippen LogP contribution is 2.32. The van der Waals surface area contributed by atoms with E-state index in [1.165, 1.54) is 28.1 Å². The van der Waals surface area contributed by atoms with Crippen LogP contribution in [-0.4, -0.2) is 28.7 Å². The average Bonchev–Trinajstić information content (AvgIpc) is 3.21. The van der Waals surface area contributed by atoms with Gasteiger partial charge in [-0.05, 0) is 37.0 Å². The molecule has 0 spiro atoms. The van der Waals surface area contributed by atoms with Crippen molar-refractivity contribution in [3.63, 3.8) is 0 Å². The summed E-state index contributed by atoms with van der Waals surface area (Å²) >= 11 is 0. The third kappa shape index (κ3) is 4.53. The highest BCUT2D eigenvalue weighted by atomic mass is 19.1. The molecule has 1 unspecified atom stereocenters. The van der Waals surface area contributed by atoms with E-state index in [-0.39, 0.29) is 12.4 Å². The highest BCUT2D eigenvalue weighted by molar-refractivity contribution is 5.92. The summed E-state index contributed by atoms with van der Waals surface area (Å²) in [6.07, 6.45) is 7.21. The van der Waals surface area contributed by atoms with Crippen LogP contribution >= 0.6 is 0 Å². The van der Waals surface area contributed by atoms with Crippen LogP contribution in [-0.2, 0) is 11.3 Å². The number of allylic oxidation sites excluding steroid dienone is 1. The van der Waals surface area contributed by atoms with Crippen LogP contribution in [0.1, 0.15) is 30.4 Å². The Bertz CT molecular complexity index is 1080. The van der Waals surface area contributed by atoms with E-state index in [0.29, 0.717) is 18.2 Å². The summed E-state index contributed by atoms with van der Waals surface area (Å²) in [4.78, 5) is 14.3. The standard InChI is InChI=1S/C23H24FN3O3/c24-21-11-18(30-14-23(28)27-29)10-7-16(21)12-25-17-8-5-15(6-9-17)20-13-26-22-4-2-1-3-19(20)22/h1-5,7,10-11,13,17,25-26,29H,6,8-9,12,14H2,(H,27,28). The Hall–Kier alpha value is -3.16. The molecule has 4 N–H and O–H groups in total. The molecule has 0 saturated heterocycles. The number of amides is 1. The summed E-state index contributed by atoms with van der Waals surface area (Å²) in [5.41, 5.74) is 5.77. The van der Waals surface area contributed by atoms with E-state index in [9.17, 15) is 9.18 Å². The number of nitrogens with one attached hydrogen (secondary N) is 3. The van der Waals surface area contributed by atoms with Gasteiger partial charge in [0.25, 0.3) is 5.91 Å². The molecule has 0 radical (unpaired) electrons. The van der Waals surface area contributed by atoms with Crippen molar-refractivity contribution in [2.75, 3.05) is 6.61 Å². The van der Waals surface area contributed by atoms with Crippen LogP contribution in [0.2, 0.25) is 0 Å². The number of carbonyl (C=O) groups excluding carboxylic acids is 1. The van der Waals surface area contributed by atoms with E-state index in [1.807, 2.05) is 6.07 Å². The van der Waals surface area contributed by atoms with E-state index in [1.54, 1.807) is 12.1 Å². The number of aromatic amines is 1. The fourth-order valence-electron chi connectivity index (χ4n) is 3.80. The molecule has 0 saturated carbocycles. The molecule has 1 aliphatic rings. The zero-order valence-corrected chi connectivity index (χ0v) is 16.5.